The highest BCUT2D eigenvalue weighted by atomic mass is 32.2. The molecular weight excluding hydrogens is 442 g/mol. The van der Waals surface area contributed by atoms with Crippen LogP contribution in [0.3, 0.4) is 0 Å². The average molecular weight is 476 g/mol. The van der Waals surface area contributed by atoms with Crippen LogP contribution in [0.1, 0.15) is 31.5 Å². The van der Waals surface area contributed by atoms with Gasteiger partial charge in [-0.1, -0.05) is 0 Å². The van der Waals surface area contributed by atoms with Gasteiger partial charge in [0.15, 0.2) is 5.03 Å². The molecule has 2 aliphatic rings. The summed E-state index contributed by atoms with van der Waals surface area (Å²) in [5, 5.41) is 3.28. The van der Waals surface area contributed by atoms with Gasteiger partial charge >= 0.3 is 0 Å². The number of methoxy groups -OCH3 is 1. The lowest BCUT2D eigenvalue weighted by Gasteiger charge is -2.35. The number of imidazole rings is 1. The number of ether oxygens (including phenoxy) is 1. The molecule has 1 aromatic heterocycles. The minimum absolute atomic E-state index is 0.0450. The van der Waals surface area contributed by atoms with E-state index in [0.717, 1.165) is 37.4 Å². The van der Waals surface area contributed by atoms with Gasteiger partial charge in [0.05, 0.1) is 7.11 Å². The second-order valence-corrected chi connectivity index (χ2v) is 10.8. The Hall–Kier alpha value is -2.59. The highest BCUT2D eigenvalue weighted by molar-refractivity contribution is 7.89. The van der Waals surface area contributed by atoms with Crippen LogP contribution in [0.4, 0.5) is 5.69 Å². The molecule has 2 aromatic rings. The fourth-order valence-electron chi connectivity index (χ4n) is 4.54. The number of hydrogen-bond acceptors (Lipinski definition) is 6. The van der Waals surface area contributed by atoms with Crippen LogP contribution in [0.2, 0.25) is 0 Å². The maximum absolute atomic E-state index is 12.9. The molecule has 0 atom stereocenters. The fraction of sp³-hybridized carbons (Fsp3) is 0.565. The summed E-state index contributed by atoms with van der Waals surface area (Å²) >= 11 is 0. The molecule has 0 saturated carbocycles. The maximum Gasteiger partial charge on any atom is 0.262 e. The van der Waals surface area contributed by atoms with Crippen molar-refractivity contribution in [3.8, 4) is 5.75 Å². The standard InChI is InChI=1S/C23H33N5O4S/c1-17-24-22(16-26(17)2)33(30,31)28-14-8-18(9-15-28)23(29)25-19-10-12-27(13-11-19)20-4-6-21(32-3)7-5-20/h4-7,16,18-19H,8-15H2,1-3H3,(H,25,29). The number of hydrogen-bond donors (Lipinski definition) is 1. The highest BCUT2D eigenvalue weighted by Crippen LogP contribution is 2.25. The lowest BCUT2D eigenvalue weighted by atomic mass is 9.95. The molecule has 2 saturated heterocycles. The van der Waals surface area contributed by atoms with Crippen LogP contribution in [-0.4, -0.2) is 67.5 Å². The van der Waals surface area contributed by atoms with Crippen molar-refractivity contribution in [2.75, 3.05) is 38.2 Å². The normalized spacial score (nSPS) is 18.9. The number of benzene rings is 1. The van der Waals surface area contributed by atoms with E-state index in [2.05, 4.69) is 27.3 Å². The summed E-state index contributed by atoms with van der Waals surface area (Å²) in [6.07, 6.45) is 4.39. The van der Waals surface area contributed by atoms with Gasteiger partial charge in [-0.15, -0.1) is 0 Å². The van der Waals surface area contributed by atoms with Gasteiger partial charge < -0.3 is 19.5 Å². The second-order valence-electron chi connectivity index (χ2n) is 8.88. The Labute approximate surface area is 195 Å². The van der Waals surface area contributed by atoms with Crippen molar-refractivity contribution < 1.29 is 17.9 Å². The maximum atomic E-state index is 12.9. The van der Waals surface area contributed by atoms with E-state index in [1.54, 1.807) is 31.8 Å². The van der Waals surface area contributed by atoms with Crippen LogP contribution in [0.15, 0.2) is 35.5 Å². The predicted molar refractivity (Wildman–Crippen MR) is 126 cm³/mol. The van der Waals surface area contributed by atoms with Crippen molar-refractivity contribution >= 4 is 21.6 Å². The molecule has 1 amide bonds. The zero-order chi connectivity index (χ0) is 23.6. The van der Waals surface area contributed by atoms with Gasteiger partial charge in [-0.3, -0.25) is 4.79 Å². The lowest BCUT2D eigenvalue weighted by Crippen LogP contribution is -2.48. The Balaban J connectivity index is 1.25. The molecule has 10 heteroatoms. The molecule has 180 valence electrons. The molecule has 0 radical (unpaired) electrons. The van der Waals surface area contributed by atoms with Crippen LogP contribution >= 0.6 is 0 Å². The molecule has 2 fully saturated rings. The van der Waals surface area contributed by atoms with E-state index in [-0.39, 0.29) is 22.9 Å². The van der Waals surface area contributed by atoms with Gasteiger partial charge in [0, 0.05) is 57.1 Å². The summed E-state index contributed by atoms with van der Waals surface area (Å²) in [5.74, 6) is 1.39. The van der Waals surface area contributed by atoms with E-state index in [0.29, 0.717) is 31.8 Å². The minimum atomic E-state index is -3.62. The molecule has 1 N–H and O–H groups in total. The van der Waals surface area contributed by atoms with Crippen molar-refractivity contribution in [1.29, 1.82) is 0 Å². The molecule has 4 rings (SSSR count). The summed E-state index contributed by atoms with van der Waals surface area (Å²) in [6.45, 7) is 4.23. The summed E-state index contributed by atoms with van der Waals surface area (Å²) < 4.78 is 34.1. The topological polar surface area (TPSA) is 96.8 Å². The largest absolute Gasteiger partial charge is 0.497 e. The fourth-order valence-corrected chi connectivity index (χ4v) is 6.03. The molecule has 0 bridgehead atoms. The Morgan fingerprint density at radius 1 is 1.06 bits per heavy atom. The highest BCUT2D eigenvalue weighted by Gasteiger charge is 2.34. The number of rotatable bonds is 6. The van der Waals surface area contributed by atoms with Crippen LogP contribution in [0, 0.1) is 12.8 Å². The Bertz CT molecular complexity index is 1050. The zero-order valence-electron chi connectivity index (χ0n) is 19.5. The first kappa shape index (κ1) is 23.6. The number of anilines is 1. The summed E-state index contributed by atoms with van der Waals surface area (Å²) in [6, 6.07) is 8.21. The van der Waals surface area contributed by atoms with Gasteiger partial charge in [0.25, 0.3) is 10.0 Å². The van der Waals surface area contributed by atoms with Crippen LogP contribution < -0.4 is 15.0 Å². The van der Waals surface area contributed by atoms with Gasteiger partial charge in [-0.25, -0.2) is 13.4 Å². The van der Waals surface area contributed by atoms with E-state index < -0.39 is 10.0 Å². The van der Waals surface area contributed by atoms with Crippen molar-refractivity contribution in [2.45, 2.75) is 43.7 Å². The van der Waals surface area contributed by atoms with E-state index in [1.807, 2.05) is 12.1 Å². The number of carbonyl (C=O) groups is 1. The molecule has 2 aliphatic heterocycles. The number of nitrogens with one attached hydrogen (secondary N) is 1. The number of carbonyl (C=O) groups excluding carboxylic acids is 1. The molecule has 1 aromatic carbocycles. The van der Waals surface area contributed by atoms with E-state index >= 15 is 0 Å². The molecule has 3 heterocycles. The first-order valence-electron chi connectivity index (χ1n) is 11.5. The second kappa shape index (κ2) is 9.72. The van der Waals surface area contributed by atoms with Gasteiger partial charge in [-0.05, 0) is 56.9 Å². The summed E-state index contributed by atoms with van der Waals surface area (Å²) in [4.78, 5) is 19.3. The summed E-state index contributed by atoms with van der Waals surface area (Å²) in [5.41, 5.74) is 1.16. The number of nitrogens with zero attached hydrogens (tertiary/aromatic N) is 4. The van der Waals surface area contributed by atoms with Crippen molar-refractivity contribution in [3.05, 3.63) is 36.3 Å². The molecule has 9 nitrogen and oxygen atoms in total. The SMILES string of the molecule is COc1ccc(N2CCC(NC(=O)C3CCN(S(=O)(=O)c4cn(C)c(C)n4)CC3)CC2)cc1. The molecule has 0 spiro atoms. The van der Waals surface area contributed by atoms with Crippen LogP contribution in [-0.2, 0) is 21.9 Å². The van der Waals surface area contributed by atoms with Crippen LogP contribution in [0.5, 0.6) is 5.75 Å². The number of amides is 1. The third-order valence-corrected chi connectivity index (χ3v) is 8.56. The predicted octanol–water partition coefficient (Wildman–Crippen LogP) is 1.92. The van der Waals surface area contributed by atoms with E-state index in [4.69, 9.17) is 4.74 Å². The first-order chi connectivity index (χ1) is 15.8. The Morgan fingerprint density at radius 3 is 2.24 bits per heavy atom. The third-order valence-electron chi connectivity index (χ3n) is 6.79. The quantitative estimate of drug-likeness (QED) is 0.686. The number of aryl methyl sites for hydroxylation is 2. The van der Waals surface area contributed by atoms with E-state index in [1.165, 1.54) is 4.31 Å². The molecule has 0 aliphatic carbocycles. The monoisotopic (exact) mass is 475 g/mol. The van der Waals surface area contributed by atoms with Gasteiger partial charge in [0.2, 0.25) is 5.91 Å². The van der Waals surface area contributed by atoms with Crippen molar-refractivity contribution in [2.24, 2.45) is 13.0 Å². The molecule has 0 unspecified atom stereocenters. The molecule has 33 heavy (non-hydrogen) atoms. The lowest BCUT2D eigenvalue weighted by molar-refractivity contribution is -0.127. The Kier molecular flexibility index (Phi) is 6.94. The Morgan fingerprint density at radius 2 is 1.70 bits per heavy atom. The van der Waals surface area contributed by atoms with Crippen molar-refractivity contribution in [1.82, 2.24) is 19.2 Å². The zero-order valence-corrected chi connectivity index (χ0v) is 20.3. The smallest absolute Gasteiger partial charge is 0.262 e. The van der Waals surface area contributed by atoms with Gasteiger partial charge in [0.1, 0.15) is 11.6 Å². The van der Waals surface area contributed by atoms with E-state index in [9.17, 15) is 13.2 Å². The van der Waals surface area contributed by atoms with Crippen LogP contribution in [0.25, 0.3) is 0 Å². The average Bonchev–Trinajstić information content (AvgIpc) is 3.18. The number of sulfonamides is 1. The van der Waals surface area contributed by atoms with Crippen molar-refractivity contribution in [3.63, 3.8) is 0 Å². The number of aromatic nitrogens is 2. The number of piperidine rings is 2. The summed E-state index contributed by atoms with van der Waals surface area (Å²) in [7, 11) is -0.184. The third kappa shape index (κ3) is 5.16. The minimum Gasteiger partial charge on any atom is -0.497 e. The first-order valence-corrected chi connectivity index (χ1v) is 12.9. The van der Waals surface area contributed by atoms with Gasteiger partial charge in [-0.2, -0.15) is 4.31 Å². The molecular formula is C23H33N5O4S.